The number of methoxy groups -OCH3 is 1. The summed E-state index contributed by atoms with van der Waals surface area (Å²) in [7, 11) is 1.77. The van der Waals surface area contributed by atoms with E-state index in [0.29, 0.717) is 6.54 Å². The second kappa shape index (κ2) is 12.1. The smallest absolute Gasteiger partial charge is 0.407 e. The minimum Gasteiger partial charge on any atom is -0.444 e. The predicted molar refractivity (Wildman–Crippen MR) is 110 cm³/mol. The van der Waals surface area contributed by atoms with Crippen LogP contribution in [0, 0.1) is 5.41 Å². The summed E-state index contributed by atoms with van der Waals surface area (Å²) in [6.07, 6.45) is 6.56. The van der Waals surface area contributed by atoms with Crippen LogP contribution in [0.3, 0.4) is 0 Å². The lowest BCUT2D eigenvalue weighted by molar-refractivity contribution is 0.0527. The van der Waals surface area contributed by atoms with Crippen molar-refractivity contribution < 1.29 is 14.3 Å². The predicted octanol–water partition coefficient (Wildman–Crippen LogP) is 3.05. The zero-order valence-electron chi connectivity index (χ0n) is 18.0. The molecule has 3 N–H and O–H groups in total. The minimum absolute atomic E-state index is 0.288. The van der Waals surface area contributed by atoms with Crippen LogP contribution in [0.5, 0.6) is 0 Å². The van der Waals surface area contributed by atoms with Crippen LogP contribution in [0.2, 0.25) is 0 Å². The molecule has 27 heavy (non-hydrogen) atoms. The molecule has 0 aromatic carbocycles. The van der Waals surface area contributed by atoms with Crippen molar-refractivity contribution in [1.29, 1.82) is 0 Å². The summed E-state index contributed by atoms with van der Waals surface area (Å²) >= 11 is 0. The standard InChI is InChI=1S/C20H40N4O3/c1-6-21-17(22-13-9-14-23-18(25)27-19(2,3)4)24-16-20(12-15-26-5)10-7-8-11-20/h6-16H2,1-5H3,(H,23,25)(H2,21,22,24). The first kappa shape index (κ1) is 23.5. The lowest BCUT2D eigenvalue weighted by atomic mass is 9.83. The van der Waals surface area contributed by atoms with Crippen LogP contribution in [0.1, 0.15) is 66.2 Å². The number of nitrogens with one attached hydrogen (secondary N) is 3. The lowest BCUT2D eigenvalue weighted by Crippen LogP contribution is -2.40. The number of hydrogen-bond acceptors (Lipinski definition) is 4. The Kier molecular flexibility index (Phi) is 10.5. The van der Waals surface area contributed by atoms with Crippen molar-refractivity contribution in [3.8, 4) is 0 Å². The van der Waals surface area contributed by atoms with Gasteiger partial charge in [-0.25, -0.2) is 4.79 Å². The van der Waals surface area contributed by atoms with Crippen LogP contribution in [-0.4, -0.2) is 57.5 Å². The summed E-state index contributed by atoms with van der Waals surface area (Å²) in [4.78, 5) is 16.5. The van der Waals surface area contributed by atoms with E-state index in [1.165, 1.54) is 25.7 Å². The van der Waals surface area contributed by atoms with E-state index in [1.807, 2.05) is 20.8 Å². The maximum Gasteiger partial charge on any atom is 0.407 e. The Morgan fingerprint density at radius 3 is 2.37 bits per heavy atom. The van der Waals surface area contributed by atoms with Crippen LogP contribution in [0.15, 0.2) is 4.99 Å². The highest BCUT2D eigenvalue weighted by molar-refractivity contribution is 5.79. The van der Waals surface area contributed by atoms with Crippen LogP contribution in [0.4, 0.5) is 4.79 Å². The molecule has 0 radical (unpaired) electrons. The molecule has 1 fully saturated rings. The number of amides is 1. The molecule has 158 valence electrons. The monoisotopic (exact) mass is 384 g/mol. The van der Waals surface area contributed by atoms with Crippen molar-refractivity contribution in [2.75, 3.05) is 39.9 Å². The Bertz CT molecular complexity index is 455. The first-order chi connectivity index (χ1) is 12.8. The van der Waals surface area contributed by atoms with Gasteiger partial charge in [-0.05, 0) is 58.8 Å². The first-order valence-corrected chi connectivity index (χ1v) is 10.3. The van der Waals surface area contributed by atoms with Gasteiger partial charge in [0.05, 0.1) is 0 Å². The SMILES string of the molecule is CCNC(=NCC1(CCOC)CCCC1)NCCCNC(=O)OC(C)(C)C. The maximum absolute atomic E-state index is 11.6. The number of hydrogen-bond donors (Lipinski definition) is 3. The van der Waals surface area contributed by atoms with Crippen molar-refractivity contribution in [1.82, 2.24) is 16.0 Å². The molecule has 7 nitrogen and oxygen atoms in total. The van der Waals surface area contributed by atoms with Gasteiger partial charge in [0.2, 0.25) is 0 Å². The number of ether oxygens (including phenoxy) is 2. The van der Waals surface area contributed by atoms with Gasteiger partial charge in [-0.3, -0.25) is 4.99 Å². The fourth-order valence-corrected chi connectivity index (χ4v) is 3.32. The minimum atomic E-state index is -0.466. The molecule has 0 aromatic heterocycles. The van der Waals surface area contributed by atoms with Gasteiger partial charge in [0.1, 0.15) is 5.60 Å². The molecule has 0 spiro atoms. The fraction of sp³-hybridized carbons (Fsp3) is 0.900. The molecule has 0 unspecified atom stereocenters. The van der Waals surface area contributed by atoms with Crippen molar-refractivity contribution in [2.45, 2.75) is 71.8 Å². The molecule has 1 saturated carbocycles. The van der Waals surface area contributed by atoms with Gasteiger partial charge in [0.25, 0.3) is 0 Å². The summed E-state index contributed by atoms with van der Waals surface area (Å²) in [5, 5.41) is 9.44. The first-order valence-electron chi connectivity index (χ1n) is 10.3. The second-order valence-corrected chi connectivity index (χ2v) is 8.35. The Morgan fingerprint density at radius 1 is 1.11 bits per heavy atom. The quantitative estimate of drug-likeness (QED) is 0.306. The van der Waals surface area contributed by atoms with Crippen LogP contribution >= 0.6 is 0 Å². The normalized spacial score (nSPS) is 16.9. The molecule has 7 heteroatoms. The van der Waals surface area contributed by atoms with Crippen molar-refractivity contribution >= 4 is 12.1 Å². The number of carbonyl (C=O) groups excluding carboxylic acids is 1. The number of aliphatic imine (C=N–C) groups is 1. The van der Waals surface area contributed by atoms with Gasteiger partial charge in [-0.15, -0.1) is 0 Å². The summed E-state index contributed by atoms with van der Waals surface area (Å²) < 4.78 is 10.5. The second-order valence-electron chi connectivity index (χ2n) is 8.35. The van der Waals surface area contributed by atoms with E-state index in [9.17, 15) is 4.79 Å². The van der Waals surface area contributed by atoms with Gasteiger partial charge >= 0.3 is 6.09 Å². The Labute approximate surface area is 165 Å². The Hall–Kier alpha value is -1.50. The molecule has 1 rings (SSSR count). The van der Waals surface area contributed by atoms with Crippen LogP contribution in [-0.2, 0) is 9.47 Å². The maximum atomic E-state index is 11.6. The third kappa shape index (κ3) is 10.4. The Balaban J connectivity index is 2.37. The highest BCUT2D eigenvalue weighted by Crippen LogP contribution is 2.41. The third-order valence-electron chi connectivity index (χ3n) is 4.73. The zero-order valence-corrected chi connectivity index (χ0v) is 18.0. The van der Waals surface area contributed by atoms with Gasteiger partial charge < -0.3 is 25.4 Å². The number of alkyl carbamates (subject to hydrolysis) is 1. The summed E-state index contributed by atoms with van der Waals surface area (Å²) in [5.41, 5.74) is -0.178. The highest BCUT2D eigenvalue weighted by atomic mass is 16.6. The van der Waals surface area contributed by atoms with Crippen molar-refractivity contribution in [3.63, 3.8) is 0 Å². The molecular formula is C20H40N4O3. The molecule has 0 bridgehead atoms. The number of carbonyl (C=O) groups is 1. The fourth-order valence-electron chi connectivity index (χ4n) is 3.32. The van der Waals surface area contributed by atoms with E-state index in [1.54, 1.807) is 7.11 Å². The van der Waals surface area contributed by atoms with Gasteiger partial charge in [-0.2, -0.15) is 0 Å². The van der Waals surface area contributed by atoms with Crippen LogP contribution < -0.4 is 16.0 Å². The highest BCUT2D eigenvalue weighted by Gasteiger charge is 2.33. The van der Waals surface area contributed by atoms with E-state index in [0.717, 1.165) is 45.0 Å². The van der Waals surface area contributed by atoms with Gasteiger partial charge in [0.15, 0.2) is 5.96 Å². The van der Waals surface area contributed by atoms with E-state index in [4.69, 9.17) is 14.5 Å². The number of nitrogens with zero attached hydrogens (tertiary/aromatic N) is 1. The average molecular weight is 385 g/mol. The molecule has 0 aromatic rings. The van der Waals surface area contributed by atoms with E-state index < -0.39 is 5.60 Å². The molecule has 1 amide bonds. The van der Waals surface area contributed by atoms with E-state index >= 15 is 0 Å². The van der Waals surface area contributed by atoms with E-state index in [2.05, 4.69) is 22.9 Å². The number of rotatable bonds is 10. The molecular weight excluding hydrogens is 344 g/mol. The molecule has 1 aliphatic carbocycles. The molecule has 0 heterocycles. The zero-order chi connectivity index (χ0) is 20.2. The summed E-state index contributed by atoms with van der Waals surface area (Å²) in [5.74, 6) is 0.846. The number of guanidine groups is 1. The van der Waals surface area contributed by atoms with E-state index in [-0.39, 0.29) is 11.5 Å². The third-order valence-corrected chi connectivity index (χ3v) is 4.73. The largest absolute Gasteiger partial charge is 0.444 e. The molecule has 1 aliphatic rings. The molecule has 0 saturated heterocycles. The van der Waals surface area contributed by atoms with Crippen molar-refractivity contribution in [2.24, 2.45) is 10.4 Å². The van der Waals surface area contributed by atoms with Crippen molar-refractivity contribution in [3.05, 3.63) is 0 Å². The molecule has 0 aliphatic heterocycles. The average Bonchev–Trinajstić information content (AvgIpc) is 3.05. The molecule has 0 atom stereocenters. The van der Waals surface area contributed by atoms with Crippen LogP contribution in [0.25, 0.3) is 0 Å². The van der Waals surface area contributed by atoms with Gasteiger partial charge in [0, 0.05) is 39.9 Å². The summed E-state index contributed by atoms with van der Waals surface area (Å²) in [6.45, 7) is 11.4. The van der Waals surface area contributed by atoms with Gasteiger partial charge in [-0.1, -0.05) is 12.8 Å². The Morgan fingerprint density at radius 2 is 1.78 bits per heavy atom. The summed E-state index contributed by atoms with van der Waals surface area (Å²) in [6, 6.07) is 0. The lowest BCUT2D eigenvalue weighted by Gasteiger charge is -2.27. The topological polar surface area (TPSA) is 84.0 Å².